The molecule has 2 amide bonds. The van der Waals surface area contributed by atoms with Crippen LogP contribution in [0.3, 0.4) is 0 Å². The van der Waals surface area contributed by atoms with Crippen LogP contribution in [0.1, 0.15) is 33.6 Å². The van der Waals surface area contributed by atoms with Gasteiger partial charge < -0.3 is 15.0 Å². The summed E-state index contributed by atoms with van der Waals surface area (Å²) < 4.78 is 33.6. The van der Waals surface area contributed by atoms with Crippen LogP contribution in [0.25, 0.3) is 10.8 Å². The number of nitrogens with one attached hydrogen (secondary N) is 1. The number of carbonyl (C=O) groups excluding carboxylic acids is 2. The molecule has 1 aromatic heterocycles. The Morgan fingerprint density at radius 1 is 1.14 bits per heavy atom. The first-order valence-corrected chi connectivity index (χ1v) is 14.3. The molecule has 0 radical (unpaired) electrons. The zero-order valence-electron chi connectivity index (χ0n) is 21.4. The molecule has 0 spiro atoms. The van der Waals surface area contributed by atoms with Crippen molar-refractivity contribution in [3.8, 4) is 0 Å². The minimum absolute atomic E-state index is 0.113. The van der Waals surface area contributed by atoms with Gasteiger partial charge in [-0.15, -0.1) is 0 Å². The number of fused-ring (bicyclic) bond motifs is 1. The van der Waals surface area contributed by atoms with Crippen LogP contribution in [0.2, 0.25) is 5.02 Å². The number of sulfonamides is 1. The first-order valence-electron chi connectivity index (χ1n) is 12.5. The molecule has 1 atom stereocenters. The van der Waals surface area contributed by atoms with E-state index >= 15 is 0 Å². The molecule has 37 heavy (non-hydrogen) atoms. The van der Waals surface area contributed by atoms with Gasteiger partial charge in [-0.2, -0.15) is 4.31 Å². The predicted molar refractivity (Wildman–Crippen MR) is 141 cm³/mol. The molecule has 10 nitrogen and oxygen atoms in total. The summed E-state index contributed by atoms with van der Waals surface area (Å²) in [5.41, 5.74) is -0.527. The quantitative estimate of drug-likeness (QED) is 0.587. The van der Waals surface area contributed by atoms with Crippen LogP contribution < -0.4 is 5.32 Å². The minimum Gasteiger partial charge on any atom is -0.444 e. The maximum Gasteiger partial charge on any atom is 0.410 e. The highest BCUT2D eigenvalue weighted by atomic mass is 35.5. The molecule has 2 aliphatic rings. The van der Waals surface area contributed by atoms with Crippen molar-refractivity contribution in [3.63, 3.8) is 0 Å². The van der Waals surface area contributed by atoms with Crippen molar-refractivity contribution in [2.24, 2.45) is 0 Å². The van der Waals surface area contributed by atoms with Gasteiger partial charge in [-0.3, -0.25) is 14.7 Å². The lowest BCUT2D eigenvalue weighted by atomic mass is 10.2. The van der Waals surface area contributed by atoms with E-state index in [-0.39, 0.29) is 34.5 Å². The Kier molecular flexibility index (Phi) is 8.27. The molecule has 202 valence electrons. The maximum atomic E-state index is 13.4. The summed E-state index contributed by atoms with van der Waals surface area (Å²) in [6, 6.07) is 4.75. The lowest BCUT2D eigenvalue weighted by Crippen LogP contribution is -2.50. The van der Waals surface area contributed by atoms with Gasteiger partial charge >= 0.3 is 6.09 Å². The summed E-state index contributed by atoms with van der Waals surface area (Å²) in [5, 5.41) is 4.38. The highest BCUT2D eigenvalue weighted by Gasteiger charge is 2.34. The Morgan fingerprint density at radius 2 is 1.86 bits per heavy atom. The molecule has 3 heterocycles. The van der Waals surface area contributed by atoms with Gasteiger partial charge in [-0.05, 0) is 33.3 Å². The SMILES string of the molecule is CC(C)(C)OC(=O)N1CCN(CCC(=O)NC2CCN(S(=O)(=O)c3cccc4cncc(Cl)c34)C2)CC1. The number of nitrogens with zero attached hydrogens (tertiary/aromatic N) is 4. The first kappa shape index (κ1) is 27.6. The van der Waals surface area contributed by atoms with Crippen molar-refractivity contribution in [1.82, 2.24) is 24.4 Å². The Labute approximate surface area is 222 Å². The normalized spacial score (nSPS) is 19.8. The van der Waals surface area contributed by atoms with Crippen LogP contribution in [-0.4, -0.2) is 97.0 Å². The largest absolute Gasteiger partial charge is 0.444 e. The maximum absolute atomic E-state index is 13.4. The fourth-order valence-corrected chi connectivity index (χ4v) is 6.68. The lowest BCUT2D eigenvalue weighted by Gasteiger charge is -2.35. The Hall–Kier alpha value is -2.47. The molecule has 2 aliphatic heterocycles. The summed E-state index contributed by atoms with van der Waals surface area (Å²) in [4.78, 5) is 32.8. The molecule has 0 saturated carbocycles. The third kappa shape index (κ3) is 6.70. The molecule has 0 bridgehead atoms. The first-order chi connectivity index (χ1) is 17.4. The van der Waals surface area contributed by atoms with Crippen LogP contribution in [0.5, 0.6) is 0 Å². The fourth-order valence-electron chi connectivity index (χ4n) is 4.62. The molecule has 0 aliphatic carbocycles. The van der Waals surface area contributed by atoms with Gasteiger partial charge in [-0.25, -0.2) is 13.2 Å². The van der Waals surface area contributed by atoms with Crippen molar-refractivity contribution in [3.05, 3.63) is 35.6 Å². The monoisotopic (exact) mass is 551 g/mol. The van der Waals surface area contributed by atoms with Crippen molar-refractivity contribution >= 4 is 44.4 Å². The van der Waals surface area contributed by atoms with Gasteiger partial charge in [-0.1, -0.05) is 23.7 Å². The van der Waals surface area contributed by atoms with Crippen molar-refractivity contribution in [1.29, 1.82) is 0 Å². The fraction of sp³-hybridized carbons (Fsp3) is 0.560. The summed E-state index contributed by atoms with van der Waals surface area (Å²) >= 11 is 6.29. The summed E-state index contributed by atoms with van der Waals surface area (Å²) in [6.45, 7) is 9.09. The second kappa shape index (κ2) is 11.1. The molecular formula is C25H34ClN5O5S. The van der Waals surface area contributed by atoms with E-state index in [9.17, 15) is 18.0 Å². The number of hydrogen-bond donors (Lipinski definition) is 1. The van der Waals surface area contributed by atoms with Crippen molar-refractivity contribution in [2.45, 2.75) is 50.2 Å². The van der Waals surface area contributed by atoms with Gasteiger partial charge in [0.2, 0.25) is 15.9 Å². The van der Waals surface area contributed by atoms with E-state index in [1.807, 2.05) is 20.8 Å². The molecule has 2 aromatic rings. The number of piperazine rings is 1. The smallest absolute Gasteiger partial charge is 0.410 e. The van der Waals surface area contributed by atoms with E-state index in [0.717, 1.165) is 0 Å². The van der Waals surface area contributed by atoms with E-state index in [0.29, 0.717) is 62.9 Å². The van der Waals surface area contributed by atoms with Crippen LogP contribution >= 0.6 is 11.6 Å². The number of benzene rings is 1. The molecular weight excluding hydrogens is 518 g/mol. The predicted octanol–water partition coefficient (Wildman–Crippen LogP) is 2.71. The molecule has 4 rings (SSSR count). The van der Waals surface area contributed by atoms with Gasteiger partial charge in [0, 0.05) is 81.4 Å². The molecule has 2 fully saturated rings. The van der Waals surface area contributed by atoms with E-state index in [1.165, 1.54) is 10.5 Å². The second-order valence-corrected chi connectivity index (χ2v) is 12.8. The number of amides is 2. The van der Waals surface area contributed by atoms with Crippen LogP contribution in [0.15, 0.2) is 35.5 Å². The summed E-state index contributed by atoms with van der Waals surface area (Å²) in [6.07, 6.45) is 3.56. The Morgan fingerprint density at radius 3 is 2.57 bits per heavy atom. The number of carbonyl (C=O) groups is 2. The summed E-state index contributed by atoms with van der Waals surface area (Å²) in [7, 11) is -3.79. The van der Waals surface area contributed by atoms with Crippen molar-refractivity contribution in [2.75, 3.05) is 45.8 Å². The van der Waals surface area contributed by atoms with Gasteiger partial charge in [0.25, 0.3) is 0 Å². The topological polar surface area (TPSA) is 112 Å². The van der Waals surface area contributed by atoms with Crippen molar-refractivity contribution < 1.29 is 22.7 Å². The Balaban J connectivity index is 1.26. The highest BCUT2D eigenvalue weighted by Crippen LogP contribution is 2.32. The number of hydrogen-bond acceptors (Lipinski definition) is 7. The van der Waals surface area contributed by atoms with Crippen LogP contribution in [0.4, 0.5) is 4.79 Å². The number of aromatic nitrogens is 1. The average Bonchev–Trinajstić information content (AvgIpc) is 3.31. The zero-order valence-corrected chi connectivity index (χ0v) is 23.0. The van der Waals surface area contributed by atoms with E-state index in [1.54, 1.807) is 29.3 Å². The van der Waals surface area contributed by atoms with Crippen LogP contribution in [-0.2, 0) is 19.6 Å². The molecule has 1 unspecified atom stereocenters. The standard InChI is InChI=1S/C25H34ClN5O5S/c1-25(2,3)36-24(33)30-13-11-29(12-14-30)9-8-22(32)28-19-7-10-31(17-19)37(34,35)21-6-4-5-18-15-27-16-20(26)23(18)21/h4-6,15-16,19H,7-14,17H2,1-3H3,(H,28,32). The van der Waals surface area contributed by atoms with E-state index < -0.39 is 15.6 Å². The number of ether oxygens (including phenoxy) is 1. The molecule has 1 N–H and O–H groups in total. The zero-order chi connectivity index (χ0) is 26.8. The summed E-state index contributed by atoms with van der Waals surface area (Å²) in [5.74, 6) is -0.113. The highest BCUT2D eigenvalue weighted by molar-refractivity contribution is 7.89. The number of rotatable bonds is 6. The number of pyridine rings is 1. The Bertz CT molecular complexity index is 1250. The van der Waals surface area contributed by atoms with E-state index in [4.69, 9.17) is 16.3 Å². The third-order valence-electron chi connectivity index (χ3n) is 6.51. The molecule has 2 saturated heterocycles. The van der Waals surface area contributed by atoms with Gasteiger partial charge in [0.05, 0.1) is 9.92 Å². The lowest BCUT2D eigenvalue weighted by molar-refractivity contribution is -0.122. The van der Waals surface area contributed by atoms with Crippen LogP contribution in [0, 0.1) is 0 Å². The molecule has 1 aromatic carbocycles. The van der Waals surface area contributed by atoms with Gasteiger partial charge in [0.1, 0.15) is 5.60 Å². The second-order valence-electron chi connectivity index (χ2n) is 10.5. The third-order valence-corrected chi connectivity index (χ3v) is 8.71. The van der Waals surface area contributed by atoms with E-state index in [2.05, 4.69) is 15.2 Å². The average molecular weight is 552 g/mol. The van der Waals surface area contributed by atoms with Gasteiger partial charge in [0.15, 0.2) is 0 Å². The number of halogens is 1. The minimum atomic E-state index is -3.79. The molecule has 12 heteroatoms.